The largest absolute Gasteiger partial charge is 0.480 e. The number of nitrogens with one attached hydrogen (secondary N) is 2. The first kappa shape index (κ1) is 28.8. The summed E-state index contributed by atoms with van der Waals surface area (Å²) in [6.07, 6.45) is 6.75. The fourth-order valence-electron chi connectivity index (χ4n) is 6.45. The molecule has 9 nitrogen and oxygen atoms in total. The van der Waals surface area contributed by atoms with Gasteiger partial charge in [0.2, 0.25) is 11.8 Å². The van der Waals surface area contributed by atoms with Gasteiger partial charge in [0.15, 0.2) is 5.65 Å². The summed E-state index contributed by atoms with van der Waals surface area (Å²) in [6, 6.07) is 25.2. The van der Waals surface area contributed by atoms with E-state index in [0.29, 0.717) is 28.7 Å². The average Bonchev–Trinajstić information content (AvgIpc) is 3.35. The van der Waals surface area contributed by atoms with E-state index in [0.717, 1.165) is 25.7 Å². The van der Waals surface area contributed by atoms with Crippen molar-refractivity contribution in [2.75, 3.05) is 12.4 Å². The Morgan fingerprint density at radius 2 is 1.56 bits per heavy atom. The van der Waals surface area contributed by atoms with E-state index in [2.05, 4.69) is 102 Å². The van der Waals surface area contributed by atoms with Crippen LogP contribution in [0.1, 0.15) is 52.5 Å². The van der Waals surface area contributed by atoms with Crippen molar-refractivity contribution in [3.8, 4) is 5.88 Å². The molecule has 6 rings (SSSR count). The summed E-state index contributed by atoms with van der Waals surface area (Å²) < 4.78 is 14.5. The molecule has 1 fully saturated rings. The highest BCUT2D eigenvalue weighted by atomic mass is 28.4. The number of rotatable bonds is 8. The van der Waals surface area contributed by atoms with Gasteiger partial charge in [-0.05, 0) is 53.2 Å². The Morgan fingerprint density at radius 3 is 2.16 bits per heavy atom. The number of hydrogen-bond acceptors (Lipinski definition) is 7. The normalized spacial score (nSPS) is 17.6. The third-order valence-corrected chi connectivity index (χ3v) is 13.5. The van der Waals surface area contributed by atoms with Gasteiger partial charge in [-0.25, -0.2) is 14.8 Å². The van der Waals surface area contributed by atoms with Crippen LogP contribution in [0.25, 0.3) is 11.2 Å². The Hall–Kier alpha value is -4.28. The Balaban J connectivity index is 1.26. The molecule has 0 unspecified atom stereocenters. The molecule has 5 aromatic rings. The molecule has 1 saturated carbocycles. The van der Waals surface area contributed by atoms with Crippen LogP contribution in [0.4, 0.5) is 11.6 Å². The molecule has 0 radical (unpaired) electrons. The van der Waals surface area contributed by atoms with E-state index in [9.17, 15) is 4.79 Å². The van der Waals surface area contributed by atoms with Gasteiger partial charge in [0.25, 0.3) is 8.32 Å². The summed E-state index contributed by atoms with van der Waals surface area (Å²) in [5.41, 5.74) is 1.67. The van der Waals surface area contributed by atoms with E-state index in [1.54, 1.807) is 24.1 Å². The first-order chi connectivity index (χ1) is 20.8. The molecule has 0 aliphatic heterocycles. The van der Waals surface area contributed by atoms with Gasteiger partial charge >= 0.3 is 5.69 Å². The Bertz CT molecular complexity index is 1700. The van der Waals surface area contributed by atoms with Gasteiger partial charge < -0.3 is 19.5 Å². The number of hydrogen-bond donors (Lipinski definition) is 2. The van der Waals surface area contributed by atoms with E-state index in [1.165, 1.54) is 10.4 Å². The van der Waals surface area contributed by atoms with E-state index in [-0.39, 0.29) is 22.9 Å². The lowest BCUT2D eigenvalue weighted by atomic mass is 9.93. The van der Waals surface area contributed by atoms with Gasteiger partial charge in [-0.1, -0.05) is 81.4 Å². The molecule has 43 heavy (non-hydrogen) atoms. The number of ether oxygens (including phenoxy) is 1. The second-order valence-electron chi connectivity index (χ2n) is 12.1. The Kier molecular flexibility index (Phi) is 7.89. The molecule has 3 aromatic heterocycles. The van der Waals surface area contributed by atoms with Crippen LogP contribution in [0, 0.1) is 0 Å². The zero-order chi connectivity index (χ0) is 30.0. The minimum absolute atomic E-state index is 0.0101. The van der Waals surface area contributed by atoms with Crippen molar-refractivity contribution in [1.29, 1.82) is 0 Å². The lowest BCUT2D eigenvalue weighted by Gasteiger charge is -2.46. The van der Waals surface area contributed by atoms with Gasteiger partial charge in [-0.15, -0.1) is 0 Å². The van der Waals surface area contributed by atoms with Gasteiger partial charge in [0.05, 0.1) is 13.3 Å². The number of fused-ring (bicyclic) bond motifs is 1. The maximum atomic E-state index is 13.2. The van der Waals surface area contributed by atoms with Gasteiger partial charge in [-0.3, -0.25) is 4.57 Å². The molecule has 2 aromatic carbocycles. The van der Waals surface area contributed by atoms with Crippen LogP contribution < -0.4 is 26.1 Å². The summed E-state index contributed by atoms with van der Waals surface area (Å²) in [5, 5.41) is 5.66. The predicted molar refractivity (Wildman–Crippen MR) is 172 cm³/mol. The smallest absolute Gasteiger partial charge is 0.327 e. The lowest BCUT2D eigenvalue weighted by Crippen LogP contribution is -2.67. The standard InChI is InChI=1S/C33H38N6O3Si/c1-33(2,3)43(25-12-7-5-8-13-25,26-14-9-6-10-15-26)42-24-19-17-23(18-20-24)39-29-28(37-32(39)40)22-35-31(38-29)36-27-16-11-21-34-30(27)41-4/h5-16,21-24H,17-20H2,1-4H3,(H,37,40)(H,35,36,38)/t23-,24-. The summed E-state index contributed by atoms with van der Waals surface area (Å²) in [5.74, 6) is 0.812. The number of benzene rings is 2. The van der Waals surface area contributed by atoms with E-state index < -0.39 is 8.32 Å². The minimum Gasteiger partial charge on any atom is -0.480 e. The van der Waals surface area contributed by atoms with Crippen LogP contribution >= 0.6 is 0 Å². The Labute approximate surface area is 252 Å². The molecule has 0 saturated heterocycles. The molecule has 222 valence electrons. The number of imidazole rings is 1. The van der Waals surface area contributed by atoms with Gasteiger partial charge in [0, 0.05) is 18.3 Å². The summed E-state index contributed by atoms with van der Waals surface area (Å²) in [6.45, 7) is 6.92. The quantitative estimate of drug-likeness (QED) is 0.234. The van der Waals surface area contributed by atoms with Crippen molar-refractivity contribution in [2.24, 2.45) is 0 Å². The Morgan fingerprint density at radius 1 is 0.907 bits per heavy atom. The first-order valence-corrected chi connectivity index (χ1v) is 16.7. The van der Waals surface area contributed by atoms with E-state index in [1.807, 2.05) is 12.1 Å². The van der Waals surface area contributed by atoms with Crippen molar-refractivity contribution < 1.29 is 9.16 Å². The zero-order valence-corrected chi connectivity index (χ0v) is 26.1. The zero-order valence-electron chi connectivity index (χ0n) is 25.1. The maximum Gasteiger partial charge on any atom is 0.327 e. The number of aromatic amines is 1. The van der Waals surface area contributed by atoms with Crippen molar-refractivity contribution in [3.63, 3.8) is 0 Å². The molecule has 0 amide bonds. The predicted octanol–water partition coefficient (Wildman–Crippen LogP) is 5.33. The van der Waals surface area contributed by atoms with Crippen molar-refractivity contribution in [2.45, 2.75) is 63.6 Å². The number of H-pyrrole nitrogens is 1. The number of aromatic nitrogens is 5. The van der Waals surface area contributed by atoms with Crippen molar-refractivity contribution in [3.05, 3.63) is 95.7 Å². The van der Waals surface area contributed by atoms with Crippen LogP contribution in [0.15, 0.2) is 90.0 Å². The van der Waals surface area contributed by atoms with Crippen LogP contribution in [0.2, 0.25) is 5.04 Å². The lowest BCUT2D eigenvalue weighted by molar-refractivity contribution is 0.123. The molecule has 1 aliphatic rings. The van der Waals surface area contributed by atoms with Crippen LogP contribution in [0.3, 0.4) is 0 Å². The summed E-state index contributed by atoms with van der Waals surface area (Å²) in [7, 11) is -1.09. The van der Waals surface area contributed by atoms with Crippen molar-refractivity contribution in [1.82, 2.24) is 24.5 Å². The minimum atomic E-state index is -2.65. The third kappa shape index (κ3) is 5.48. The molecule has 0 spiro atoms. The highest BCUT2D eigenvalue weighted by Gasteiger charge is 2.51. The monoisotopic (exact) mass is 594 g/mol. The molecule has 1 aliphatic carbocycles. The molecule has 3 heterocycles. The highest BCUT2D eigenvalue weighted by molar-refractivity contribution is 6.99. The molecular formula is C33H38N6O3Si. The number of nitrogens with zero attached hydrogens (tertiary/aromatic N) is 4. The average molecular weight is 595 g/mol. The van der Waals surface area contributed by atoms with E-state index in [4.69, 9.17) is 14.1 Å². The summed E-state index contributed by atoms with van der Waals surface area (Å²) >= 11 is 0. The number of anilines is 2. The SMILES string of the molecule is COc1ncccc1Nc1ncc2[nH]c(=O)n([C@H]3CC[C@H](O[Si](c4ccccc4)(c4ccccc4)C(C)(C)C)CC3)c2n1. The first-order valence-electron chi connectivity index (χ1n) is 14.8. The van der Waals surface area contributed by atoms with E-state index >= 15 is 0 Å². The second-order valence-corrected chi connectivity index (χ2v) is 16.4. The maximum absolute atomic E-state index is 13.2. The molecule has 2 N–H and O–H groups in total. The van der Waals surface area contributed by atoms with Crippen LogP contribution in [-0.2, 0) is 4.43 Å². The van der Waals surface area contributed by atoms with Gasteiger partial charge in [-0.2, -0.15) is 4.98 Å². The number of methoxy groups -OCH3 is 1. The topological polar surface area (TPSA) is 107 Å². The number of pyridine rings is 1. The van der Waals surface area contributed by atoms with Crippen LogP contribution in [0.5, 0.6) is 5.88 Å². The summed E-state index contributed by atoms with van der Waals surface area (Å²) in [4.78, 5) is 29.5. The van der Waals surface area contributed by atoms with Crippen molar-refractivity contribution >= 4 is 41.5 Å². The molecule has 10 heteroatoms. The molecule has 0 atom stereocenters. The van der Waals surface area contributed by atoms with Crippen LogP contribution in [-0.4, -0.2) is 46.0 Å². The highest BCUT2D eigenvalue weighted by Crippen LogP contribution is 2.40. The van der Waals surface area contributed by atoms with Gasteiger partial charge in [0.1, 0.15) is 11.2 Å². The second kappa shape index (κ2) is 11.8. The molecular weight excluding hydrogens is 556 g/mol. The molecule has 0 bridgehead atoms. The fraction of sp³-hybridized carbons (Fsp3) is 0.333. The fourth-order valence-corrected chi connectivity index (χ4v) is 11.2. The third-order valence-electron chi connectivity index (χ3n) is 8.44.